The SMILES string of the molecule is [B]c1cccc(P(=O)(OCC)OCC)c1. The van der Waals surface area contributed by atoms with Crippen molar-refractivity contribution in [1.82, 2.24) is 0 Å². The van der Waals surface area contributed by atoms with E-state index < -0.39 is 7.60 Å². The van der Waals surface area contributed by atoms with Gasteiger partial charge in [-0.3, -0.25) is 4.57 Å². The number of benzene rings is 1. The van der Waals surface area contributed by atoms with Gasteiger partial charge in [-0.25, -0.2) is 0 Å². The van der Waals surface area contributed by atoms with Crippen LogP contribution >= 0.6 is 7.60 Å². The van der Waals surface area contributed by atoms with Gasteiger partial charge in [0.05, 0.1) is 18.5 Å². The maximum atomic E-state index is 12.3. The molecule has 0 aromatic heterocycles. The summed E-state index contributed by atoms with van der Waals surface area (Å²) in [7, 11) is 2.44. The van der Waals surface area contributed by atoms with Gasteiger partial charge in [0.1, 0.15) is 7.85 Å². The molecule has 1 rings (SSSR count). The van der Waals surface area contributed by atoms with Crippen LogP contribution in [0, 0.1) is 0 Å². The largest absolute Gasteiger partial charge is 0.361 e. The topological polar surface area (TPSA) is 35.5 Å². The zero-order chi connectivity index (χ0) is 11.3. The number of rotatable bonds is 5. The van der Waals surface area contributed by atoms with Crippen molar-refractivity contribution in [2.24, 2.45) is 0 Å². The first-order valence-electron chi connectivity index (χ1n) is 4.87. The fraction of sp³-hybridized carbons (Fsp3) is 0.400. The summed E-state index contributed by atoms with van der Waals surface area (Å²) in [6, 6.07) is 6.77. The van der Waals surface area contributed by atoms with Crippen LogP contribution in [-0.4, -0.2) is 21.1 Å². The van der Waals surface area contributed by atoms with Gasteiger partial charge in [-0.05, 0) is 19.9 Å². The molecule has 80 valence electrons. The lowest BCUT2D eigenvalue weighted by Crippen LogP contribution is -2.16. The molecule has 0 saturated heterocycles. The molecule has 0 saturated carbocycles. The van der Waals surface area contributed by atoms with Gasteiger partial charge in [0.15, 0.2) is 0 Å². The van der Waals surface area contributed by atoms with Crippen molar-refractivity contribution in [2.75, 3.05) is 13.2 Å². The van der Waals surface area contributed by atoms with Crippen molar-refractivity contribution in [3.05, 3.63) is 24.3 Å². The van der Waals surface area contributed by atoms with Crippen LogP contribution in [0.2, 0.25) is 0 Å². The second-order valence-corrected chi connectivity index (χ2v) is 4.96. The van der Waals surface area contributed by atoms with E-state index in [1.165, 1.54) is 0 Å². The Kier molecular flexibility index (Phi) is 4.58. The molecule has 0 amide bonds. The summed E-state index contributed by atoms with van der Waals surface area (Å²) in [5.41, 5.74) is 0.548. The molecule has 5 heteroatoms. The Morgan fingerprint density at radius 1 is 1.27 bits per heavy atom. The van der Waals surface area contributed by atoms with E-state index in [4.69, 9.17) is 16.9 Å². The molecular weight excluding hydrogens is 210 g/mol. The van der Waals surface area contributed by atoms with E-state index in [0.717, 1.165) is 0 Å². The highest BCUT2D eigenvalue weighted by Crippen LogP contribution is 2.46. The van der Waals surface area contributed by atoms with Crippen molar-refractivity contribution in [3.8, 4) is 0 Å². The molecule has 0 unspecified atom stereocenters. The van der Waals surface area contributed by atoms with Gasteiger partial charge in [0.25, 0.3) is 0 Å². The Bertz CT molecular complexity index is 357. The van der Waals surface area contributed by atoms with Gasteiger partial charge in [-0.1, -0.05) is 23.7 Å². The molecule has 0 aliphatic heterocycles. The van der Waals surface area contributed by atoms with E-state index in [9.17, 15) is 4.57 Å². The van der Waals surface area contributed by atoms with Crippen molar-refractivity contribution >= 4 is 26.2 Å². The normalized spacial score (nSPS) is 11.6. The van der Waals surface area contributed by atoms with Crippen LogP contribution in [0.15, 0.2) is 24.3 Å². The van der Waals surface area contributed by atoms with Crippen molar-refractivity contribution in [3.63, 3.8) is 0 Å². The predicted octanol–water partition coefficient (Wildman–Crippen LogP) is 1.37. The average Bonchev–Trinajstić information content (AvgIpc) is 2.18. The zero-order valence-electron chi connectivity index (χ0n) is 8.97. The van der Waals surface area contributed by atoms with Crippen LogP contribution in [0.4, 0.5) is 0 Å². The summed E-state index contributed by atoms with van der Waals surface area (Å²) in [6.45, 7) is 4.23. The maximum absolute atomic E-state index is 12.3. The minimum absolute atomic E-state index is 0.339. The lowest BCUT2D eigenvalue weighted by atomic mass is 9.97. The third-order valence-corrected chi connectivity index (χ3v) is 3.89. The Morgan fingerprint density at radius 3 is 2.33 bits per heavy atom. The molecule has 0 atom stereocenters. The van der Waals surface area contributed by atoms with E-state index in [1.54, 1.807) is 38.1 Å². The van der Waals surface area contributed by atoms with Gasteiger partial charge >= 0.3 is 7.60 Å². The van der Waals surface area contributed by atoms with Crippen LogP contribution in [-0.2, 0) is 13.6 Å². The van der Waals surface area contributed by atoms with Gasteiger partial charge in [0, 0.05) is 0 Å². The Morgan fingerprint density at radius 2 is 1.87 bits per heavy atom. The summed E-state index contributed by atoms with van der Waals surface area (Å²) in [4.78, 5) is 0. The summed E-state index contributed by atoms with van der Waals surface area (Å²) in [5.74, 6) is 0. The van der Waals surface area contributed by atoms with E-state index in [-0.39, 0.29) is 0 Å². The molecule has 1 aromatic rings. The van der Waals surface area contributed by atoms with E-state index in [0.29, 0.717) is 24.0 Å². The molecule has 0 bridgehead atoms. The Labute approximate surface area is 91.7 Å². The van der Waals surface area contributed by atoms with Crippen molar-refractivity contribution < 1.29 is 13.6 Å². The highest BCUT2D eigenvalue weighted by Gasteiger charge is 2.26. The maximum Gasteiger partial charge on any atom is 0.361 e. The molecule has 2 radical (unpaired) electrons. The van der Waals surface area contributed by atoms with Gasteiger partial charge < -0.3 is 9.05 Å². The van der Waals surface area contributed by atoms with Crippen molar-refractivity contribution in [1.29, 1.82) is 0 Å². The van der Waals surface area contributed by atoms with E-state index in [2.05, 4.69) is 0 Å². The van der Waals surface area contributed by atoms with Gasteiger partial charge in [-0.15, -0.1) is 0 Å². The highest BCUT2D eigenvalue weighted by atomic mass is 31.2. The molecular formula is C10H14BO3P. The Hall–Kier alpha value is -0.565. The standard InChI is InChI=1S/C10H14BO3P/c1-3-13-15(12,14-4-2)10-7-5-6-9(11)8-10/h5-8H,3-4H2,1-2H3. The van der Waals surface area contributed by atoms with Gasteiger partial charge in [-0.2, -0.15) is 0 Å². The number of hydrogen-bond donors (Lipinski definition) is 0. The number of hydrogen-bond acceptors (Lipinski definition) is 3. The molecule has 0 heterocycles. The first-order valence-corrected chi connectivity index (χ1v) is 6.42. The third kappa shape index (κ3) is 3.20. The van der Waals surface area contributed by atoms with Gasteiger partial charge in [0.2, 0.25) is 0 Å². The molecule has 1 aromatic carbocycles. The fourth-order valence-corrected chi connectivity index (χ4v) is 2.85. The smallest absolute Gasteiger partial charge is 0.305 e. The Balaban J connectivity index is 3.03. The lowest BCUT2D eigenvalue weighted by Gasteiger charge is -2.17. The van der Waals surface area contributed by atoms with Crippen LogP contribution in [0.1, 0.15) is 13.8 Å². The minimum Gasteiger partial charge on any atom is -0.305 e. The molecule has 0 fully saturated rings. The van der Waals surface area contributed by atoms with Crippen molar-refractivity contribution in [2.45, 2.75) is 13.8 Å². The predicted molar refractivity (Wildman–Crippen MR) is 62.3 cm³/mol. The first kappa shape index (κ1) is 12.5. The third-order valence-electron chi connectivity index (χ3n) is 1.78. The quantitative estimate of drug-likeness (QED) is 0.559. The molecule has 15 heavy (non-hydrogen) atoms. The van der Waals surface area contributed by atoms with Crippen LogP contribution in [0.5, 0.6) is 0 Å². The molecule has 3 nitrogen and oxygen atoms in total. The van der Waals surface area contributed by atoms with E-state index in [1.807, 2.05) is 0 Å². The second-order valence-electron chi connectivity index (χ2n) is 2.93. The summed E-state index contributed by atoms with van der Waals surface area (Å²) in [6.07, 6.45) is 0. The van der Waals surface area contributed by atoms with Crippen LogP contribution in [0.25, 0.3) is 0 Å². The molecule has 0 aliphatic rings. The summed E-state index contributed by atoms with van der Waals surface area (Å²) in [5, 5.41) is 0.506. The lowest BCUT2D eigenvalue weighted by molar-refractivity contribution is 0.230. The fourth-order valence-electron chi connectivity index (χ4n) is 1.22. The first-order chi connectivity index (χ1) is 7.12. The summed E-state index contributed by atoms with van der Waals surface area (Å²) < 4.78 is 22.6. The summed E-state index contributed by atoms with van der Waals surface area (Å²) >= 11 is 0. The second kappa shape index (κ2) is 5.50. The monoisotopic (exact) mass is 224 g/mol. The van der Waals surface area contributed by atoms with Crippen LogP contribution in [0.3, 0.4) is 0 Å². The minimum atomic E-state index is -3.18. The van der Waals surface area contributed by atoms with Crippen LogP contribution < -0.4 is 10.8 Å². The zero-order valence-corrected chi connectivity index (χ0v) is 9.87. The highest BCUT2D eigenvalue weighted by molar-refractivity contribution is 7.62. The molecule has 0 aliphatic carbocycles. The average molecular weight is 224 g/mol. The van der Waals surface area contributed by atoms with E-state index >= 15 is 0 Å². The molecule has 0 spiro atoms. The molecule has 0 N–H and O–H groups in total.